The second-order valence-electron chi connectivity index (χ2n) is 9.23. The van der Waals surface area contributed by atoms with Crippen LogP contribution < -0.4 is 14.5 Å². The Morgan fingerprint density at radius 3 is 2.31 bits per heavy atom. The third kappa shape index (κ3) is 6.20. The SMILES string of the molecule is Cc1cccc(N(CC(=O)NC(C)c2ccc(N3CCCCC3)cc2)S(=O)(=O)c2ccc(Cl)cc2)c1. The van der Waals surface area contributed by atoms with Gasteiger partial charge in [0.1, 0.15) is 6.54 Å². The summed E-state index contributed by atoms with van der Waals surface area (Å²) in [4.78, 5) is 15.6. The number of piperidine rings is 1. The number of aryl methyl sites for hydroxylation is 1. The quantitative estimate of drug-likeness (QED) is 0.409. The predicted molar refractivity (Wildman–Crippen MR) is 146 cm³/mol. The van der Waals surface area contributed by atoms with E-state index in [4.69, 9.17) is 11.6 Å². The number of halogens is 1. The van der Waals surface area contributed by atoms with Crippen LogP contribution in [0.3, 0.4) is 0 Å². The fourth-order valence-electron chi connectivity index (χ4n) is 4.46. The summed E-state index contributed by atoms with van der Waals surface area (Å²) >= 11 is 5.96. The fraction of sp³-hybridized carbons (Fsp3) is 0.321. The van der Waals surface area contributed by atoms with Crippen molar-refractivity contribution < 1.29 is 13.2 Å². The molecule has 36 heavy (non-hydrogen) atoms. The number of benzene rings is 3. The molecule has 0 aromatic heterocycles. The zero-order valence-corrected chi connectivity index (χ0v) is 22.2. The molecule has 1 heterocycles. The lowest BCUT2D eigenvalue weighted by Gasteiger charge is -2.29. The van der Waals surface area contributed by atoms with E-state index in [1.165, 1.54) is 49.2 Å². The first kappa shape index (κ1) is 26.0. The molecule has 1 aliphatic heterocycles. The molecule has 0 aliphatic carbocycles. The van der Waals surface area contributed by atoms with Gasteiger partial charge in [0.2, 0.25) is 5.91 Å². The topological polar surface area (TPSA) is 69.7 Å². The normalized spacial score (nSPS) is 14.8. The molecule has 4 rings (SSSR count). The summed E-state index contributed by atoms with van der Waals surface area (Å²) in [5.41, 5.74) is 3.48. The van der Waals surface area contributed by atoms with E-state index in [-0.39, 0.29) is 23.4 Å². The van der Waals surface area contributed by atoms with E-state index in [1.807, 2.05) is 32.0 Å². The standard InChI is InChI=1S/C28H32ClN3O3S/c1-21-7-6-8-26(19-21)32(36(34,35)27-15-11-24(29)12-16-27)20-28(33)30-22(2)23-9-13-25(14-10-23)31-17-4-3-5-18-31/h6-16,19,22H,3-5,17-18,20H2,1-2H3,(H,30,33). The zero-order valence-electron chi connectivity index (χ0n) is 20.7. The van der Waals surface area contributed by atoms with Gasteiger partial charge in [0, 0.05) is 23.8 Å². The first-order chi connectivity index (χ1) is 17.2. The lowest BCUT2D eigenvalue weighted by Crippen LogP contribution is -2.41. The van der Waals surface area contributed by atoms with E-state index in [1.54, 1.807) is 18.2 Å². The highest BCUT2D eigenvalue weighted by Gasteiger charge is 2.28. The highest BCUT2D eigenvalue weighted by molar-refractivity contribution is 7.92. The van der Waals surface area contributed by atoms with Crippen LogP contribution in [0.4, 0.5) is 11.4 Å². The van der Waals surface area contributed by atoms with Crippen LogP contribution in [0, 0.1) is 6.92 Å². The lowest BCUT2D eigenvalue weighted by molar-refractivity contribution is -0.120. The van der Waals surface area contributed by atoms with Gasteiger partial charge in [-0.1, -0.05) is 35.9 Å². The maximum absolute atomic E-state index is 13.5. The molecule has 1 N–H and O–H groups in total. The van der Waals surface area contributed by atoms with E-state index >= 15 is 0 Å². The predicted octanol–water partition coefficient (Wildman–Crippen LogP) is 5.71. The number of carbonyl (C=O) groups excluding carboxylic acids is 1. The molecule has 0 radical (unpaired) electrons. The largest absolute Gasteiger partial charge is 0.372 e. The Morgan fingerprint density at radius 2 is 1.67 bits per heavy atom. The monoisotopic (exact) mass is 525 g/mol. The molecule has 1 fully saturated rings. The summed E-state index contributed by atoms with van der Waals surface area (Å²) in [6.45, 7) is 5.58. The molecule has 1 unspecified atom stereocenters. The van der Waals surface area contributed by atoms with Crippen LogP contribution in [0.1, 0.15) is 43.4 Å². The van der Waals surface area contributed by atoms with Crippen molar-refractivity contribution in [1.29, 1.82) is 0 Å². The van der Waals surface area contributed by atoms with Gasteiger partial charge in [0.25, 0.3) is 10.0 Å². The van der Waals surface area contributed by atoms with Crippen molar-refractivity contribution in [3.63, 3.8) is 0 Å². The van der Waals surface area contributed by atoms with Crippen LogP contribution in [0.25, 0.3) is 0 Å². The van der Waals surface area contributed by atoms with Crippen LogP contribution in [-0.2, 0) is 14.8 Å². The van der Waals surface area contributed by atoms with Crippen LogP contribution in [0.5, 0.6) is 0 Å². The average Bonchev–Trinajstić information content (AvgIpc) is 2.88. The molecule has 1 aliphatic rings. The van der Waals surface area contributed by atoms with Gasteiger partial charge in [-0.25, -0.2) is 8.42 Å². The summed E-state index contributed by atoms with van der Waals surface area (Å²) in [6, 6.07) is 21.0. The Balaban J connectivity index is 1.51. The van der Waals surface area contributed by atoms with Crippen molar-refractivity contribution >= 4 is 38.9 Å². The summed E-state index contributed by atoms with van der Waals surface area (Å²) in [7, 11) is -3.99. The molecule has 0 saturated carbocycles. The van der Waals surface area contributed by atoms with Crippen molar-refractivity contribution in [2.45, 2.75) is 44.0 Å². The molecule has 8 heteroatoms. The summed E-state index contributed by atoms with van der Waals surface area (Å²) in [5, 5.41) is 3.40. The van der Waals surface area contributed by atoms with Gasteiger partial charge < -0.3 is 10.2 Å². The molecule has 1 saturated heterocycles. The Labute approximate surface area is 218 Å². The van der Waals surface area contributed by atoms with Crippen molar-refractivity contribution in [1.82, 2.24) is 5.32 Å². The van der Waals surface area contributed by atoms with Crippen LogP contribution >= 0.6 is 11.6 Å². The first-order valence-electron chi connectivity index (χ1n) is 12.2. The van der Waals surface area contributed by atoms with E-state index in [9.17, 15) is 13.2 Å². The van der Waals surface area contributed by atoms with Gasteiger partial charge in [-0.3, -0.25) is 9.10 Å². The minimum atomic E-state index is -3.99. The van der Waals surface area contributed by atoms with Gasteiger partial charge in [-0.15, -0.1) is 0 Å². The molecule has 3 aromatic rings. The first-order valence-corrected chi connectivity index (χ1v) is 14.0. The van der Waals surface area contributed by atoms with Crippen LogP contribution in [-0.4, -0.2) is 34.0 Å². The third-order valence-electron chi connectivity index (χ3n) is 6.47. The molecule has 1 amide bonds. The van der Waals surface area contributed by atoms with Gasteiger partial charge >= 0.3 is 0 Å². The highest BCUT2D eigenvalue weighted by atomic mass is 35.5. The Bertz CT molecular complexity index is 1290. The van der Waals surface area contributed by atoms with Gasteiger partial charge in [0.05, 0.1) is 16.6 Å². The second-order valence-corrected chi connectivity index (χ2v) is 11.5. The number of carbonyl (C=O) groups is 1. The number of anilines is 2. The Kier molecular flexibility index (Phi) is 8.21. The molecule has 0 spiro atoms. The highest BCUT2D eigenvalue weighted by Crippen LogP contribution is 2.26. The number of amides is 1. The summed E-state index contributed by atoms with van der Waals surface area (Å²) in [5.74, 6) is -0.387. The molecular formula is C28H32ClN3O3S. The number of sulfonamides is 1. The molecular weight excluding hydrogens is 494 g/mol. The van der Waals surface area contributed by atoms with E-state index in [0.29, 0.717) is 10.7 Å². The number of hydrogen-bond donors (Lipinski definition) is 1. The molecule has 0 bridgehead atoms. The lowest BCUT2D eigenvalue weighted by atomic mass is 10.1. The van der Waals surface area contributed by atoms with Crippen LogP contribution in [0.2, 0.25) is 5.02 Å². The summed E-state index contributed by atoms with van der Waals surface area (Å²) in [6.07, 6.45) is 3.71. The maximum atomic E-state index is 13.5. The third-order valence-corrected chi connectivity index (χ3v) is 8.51. The van der Waals surface area contributed by atoms with E-state index in [0.717, 1.165) is 28.5 Å². The Hall–Kier alpha value is -3.03. The molecule has 3 aromatic carbocycles. The Morgan fingerprint density at radius 1 is 1.00 bits per heavy atom. The average molecular weight is 526 g/mol. The smallest absolute Gasteiger partial charge is 0.264 e. The molecule has 1 atom stereocenters. The number of rotatable bonds is 8. The van der Waals surface area contributed by atoms with Gasteiger partial charge in [-0.2, -0.15) is 0 Å². The maximum Gasteiger partial charge on any atom is 0.264 e. The van der Waals surface area contributed by atoms with Crippen molar-refractivity contribution in [3.05, 3.63) is 88.9 Å². The van der Waals surface area contributed by atoms with Gasteiger partial charge in [0.15, 0.2) is 0 Å². The molecule has 6 nitrogen and oxygen atoms in total. The minimum absolute atomic E-state index is 0.0718. The van der Waals surface area contributed by atoms with E-state index in [2.05, 4.69) is 22.3 Å². The van der Waals surface area contributed by atoms with Gasteiger partial charge in [-0.05, 0) is 92.8 Å². The van der Waals surface area contributed by atoms with Crippen molar-refractivity contribution in [2.24, 2.45) is 0 Å². The van der Waals surface area contributed by atoms with Crippen LogP contribution in [0.15, 0.2) is 77.7 Å². The number of nitrogens with zero attached hydrogens (tertiary/aromatic N) is 2. The minimum Gasteiger partial charge on any atom is -0.372 e. The summed E-state index contributed by atoms with van der Waals surface area (Å²) < 4.78 is 28.2. The zero-order chi connectivity index (χ0) is 25.7. The number of hydrogen-bond acceptors (Lipinski definition) is 4. The second kappa shape index (κ2) is 11.4. The number of nitrogens with one attached hydrogen (secondary N) is 1. The fourth-order valence-corrected chi connectivity index (χ4v) is 6.00. The molecule has 190 valence electrons. The van der Waals surface area contributed by atoms with Crippen molar-refractivity contribution in [2.75, 3.05) is 28.8 Å². The van der Waals surface area contributed by atoms with E-state index < -0.39 is 10.0 Å². The van der Waals surface area contributed by atoms with Crippen molar-refractivity contribution in [3.8, 4) is 0 Å².